The Bertz CT molecular complexity index is 1020. The van der Waals surface area contributed by atoms with E-state index in [0.29, 0.717) is 0 Å². The lowest BCUT2D eigenvalue weighted by Gasteiger charge is -2.12. The topological polar surface area (TPSA) is 46.4 Å². The van der Waals surface area contributed by atoms with Gasteiger partial charge in [0.15, 0.2) is 0 Å². The second kappa shape index (κ2) is 9.14. The van der Waals surface area contributed by atoms with E-state index in [2.05, 4.69) is 67.1 Å². The molecule has 2 aromatic carbocycles. The molecule has 3 aromatic rings. The van der Waals surface area contributed by atoms with E-state index in [1.54, 1.807) is 6.21 Å². The number of aryl methyl sites for hydroxylation is 3. The highest BCUT2D eigenvalue weighted by molar-refractivity contribution is 8.00. The number of nitrogens with zero attached hydrogens (tertiary/aromatic N) is 2. The van der Waals surface area contributed by atoms with Crippen LogP contribution in [0.15, 0.2) is 64.6 Å². The van der Waals surface area contributed by atoms with Crippen molar-refractivity contribution in [1.82, 2.24) is 9.99 Å². The van der Waals surface area contributed by atoms with E-state index in [-0.39, 0.29) is 11.2 Å². The van der Waals surface area contributed by atoms with Crippen LogP contribution < -0.4 is 5.43 Å². The summed E-state index contributed by atoms with van der Waals surface area (Å²) in [6.45, 7) is 10.3. The number of carbonyl (C=O) groups is 1. The van der Waals surface area contributed by atoms with Crippen molar-refractivity contribution in [3.05, 3.63) is 82.7 Å². The molecule has 0 bridgehead atoms. The van der Waals surface area contributed by atoms with Crippen molar-refractivity contribution >= 4 is 23.9 Å². The first-order chi connectivity index (χ1) is 13.8. The summed E-state index contributed by atoms with van der Waals surface area (Å²) in [6, 6.07) is 18.5. The Morgan fingerprint density at radius 3 is 2.34 bits per heavy atom. The van der Waals surface area contributed by atoms with E-state index in [0.717, 1.165) is 27.5 Å². The maximum absolute atomic E-state index is 12.3. The van der Waals surface area contributed by atoms with Crippen molar-refractivity contribution in [2.45, 2.75) is 44.8 Å². The zero-order valence-electron chi connectivity index (χ0n) is 17.6. The monoisotopic (exact) mass is 405 g/mol. The Hall–Kier alpha value is -2.79. The SMILES string of the molecule is Cc1cc(C)cc(-n2c(C)cc(/C=N/NC(=O)C(C)Sc3ccccc3)c2C)c1. The molecule has 0 saturated carbocycles. The van der Waals surface area contributed by atoms with Crippen LogP contribution >= 0.6 is 11.8 Å². The van der Waals surface area contributed by atoms with E-state index in [1.807, 2.05) is 37.3 Å². The second-order valence-corrected chi connectivity index (χ2v) is 8.73. The summed E-state index contributed by atoms with van der Waals surface area (Å²) >= 11 is 1.52. The lowest BCUT2D eigenvalue weighted by atomic mass is 10.1. The molecule has 0 saturated heterocycles. The molecule has 1 aromatic heterocycles. The molecule has 0 aliphatic carbocycles. The van der Waals surface area contributed by atoms with Gasteiger partial charge >= 0.3 is 0 Å². The summed E-state index contributed by atoms with van der Waals surface area (Å²) in [4.78, 5) is 13.4. The smallest absolute Gasteiger partial charge is 0.253 e. The van der Waals surface area contributed by atoms with Crippen LogP contribution in [0.2, 0.25) is 0 Å². The third-order valence-electron chi connectivity index (χ3n) is 4.74. The largest absolute Gasteiger partial charge is 0.318 e. The normalized spacial score (nSPS) is 12.3. The van der Waals surface area contributed by atoms with Crippen LogP contribution in [-0.2, 0) is 4.79 Å². The third-order valence-corrected chi connectivity index (χ3v) is 5.85. The van der Waals surface area contributed by atoms with Crippen LogP contribution in [0.4, 0.5) is 0 Å². The van der Waals surface area contributed by atoms with Gasteiger partial charge in [0.05, 0.1) is 11.5 Å². The first-order valence-corrected chi connectivity index (χ1v) is 10.6. The number of nitrogens with one attached hydrogen (secondary N) is 1. The third kappa shape index (κ3) is 5.18. The molecule has 1 amide bonds. The average molecular weight is 406 g/mol. The fourth-order valence-electron chi connectivity index (χ4n) is 3.41. The van der Waals surface area contributed by atoms with Crippen LogP contribution in [0.3, 0.4) is 0 Å². The number of thioether (sulfide) groups is 1. The first-order valence-electron chi connectivity index (χ1n) is 9.67. The van der Waals surface area contributed by atoms with Gasteiger partial charge in [0, 0.05) is 27.5 Å². The fraction of sp³-hybridized carbons (Fsp3) is 0.250. The number of carbonyl (C=O) groups excluding carboxylic acids is 1. The molecule has 0 aliphatic heterocycles. The van der Waals surface area contributed by atoms with Gasteiger partial charge in [-0.15, -0.1) is 11.8 Å². The maximum atomic E-state index is 12.3. The van der Waals surface area contributed by atoms with Gasteiger partial charge in [0.1, 0.15) is 0 Å². The molecule has 1 heterocycles. The Morgan fingerprint density at radius 1 is 1.03 bits per heavy atom. The minimum absolute atomic E-state index is 0.113. The van der Waals surface area contributed by atoms with Crippen molar-refractivity contribution in [3.8, 4) is 5.69 Å². The predicted molar refractivity (Wildman–Crippen MR) is 122 cm³/mol. The molecule has 4 nitrogen and oxygen atoms in total. The summed E-state index contributed by atoms with van der Waals surface area (Å²) in [7, 11) is 0. The Kier molecular flexibility index (Phi) is 6.60. The molecular weight excluding hydrogens is 378 g/mol. The van der Waals surface area contributed by atoms with E-state index >= 15 is 0 Å². The molecule has 1 N–H and O–H groups in total. The predicted octanol–water partition coefficient (Wildman–Crippen LogP) is 5.34. The molecule has 1 unspecified atom stereocenters. The molecule has 0 aliphatic rings. The number of hydrogen-bond donors (Lipinski definition) is 1. The summed E-state index contributed by atoms with van der Waals surface area (Å²) in [5.74, 6) is -0.113. The number of benzene rings is 2. The van der Waals surface area contributed by atoms with E-state index < -0.39 is 0 Å². The maximum Gasteiger partial charge on any atom is 0.253 e. The van der Waals surface area contributed by atoms with Crippen molar-refractivity contribution < 1.29 is 4.79 Å². The van der Waals surface area contributed by atoms with Crippen LogP contribution in [0.1, 0.15) is 35.0 Å². The van der Waals surface area contributed by atoms with Gasteiger partial charge in [0.2, 0.25) is 0 Å². The summed E-state index contributed by atoms with van der Waals surface area (Å²) < 4.78 is 2.22. The Morgan fingerprint density at radius 2 is 1.69 bits per heavy atom. The van der Waals surface area contributed by atoms with Gasteiger partial charge in [-0.05, 0) is 76.1 Å². The average Bonchev–Trinajstić information content (AvgIpc) is 2.95. The van der Waals surface area contributed by atoms with Gasteiger partial charge in [-0.25, -0.2) is 5.43 Å². The molecule has 3 rings (SSSR count). The minimum Gasteiger partial charge on any atom is -0.318 e. The van der Waals surface area contributed by atoms with Crippen molar-refractivity contribution in [1.29, 1.82) is 0 Å². The Balaban J connectivity index is 1.70. The molecule has 1 atom stereocenters. The van der Waals surface area contributed by atoms with E-state index in [9.17, 15) is 4.79 Å². The molecule has 0 spiro atoms. The molecular formula is C24H27N3OS. The summed E-state index contributed by atoms with van der Waals surface area (Å²) in [5, 5.41) is 3.97. The summed E-state index contributed by atoms with van der Waals surface area (Å²) in [5.41, 5.74) is 9.50. The molecule has 0 radical (unpaired) electrons. The highest BCUT2D eigenvalue weighted by Gasteiger charge is 2.14. The van der Waals surface area contributed by atoms with Gasteiger partial charge < -0.3 is 4.57 Å². The van der Waals surface area contributed by atoms with Crippen molar-refractivity contribution in [2.24, 2.45) is 5.10 Å². The number of aromatic nitrogens is 1. The van der Waals surface area contributed by atoms with Crippen LogP contribution in [-0.4, -0.2) is 21.9 Å². The van der Waals surface area contributed by atoms with Crippen LogP contribution in [0.25, 0.3) is 5.69 Å². The Labute approximate surface area is 177 Å². The number of rotatable bonds is 6. The van der Waals surface area contributed by atoms with Gasteiger partial charge in [0.25, 0.3) is 5.91 Å². The highest BCUT2D eigenvalue weighted by atomic mass is 32.2. The fourth-order valence-corrected chi connectivity index (χ4v) is 4.29. The van der Waals surface area contributed by atoms with Gasteiger partial charge in [-0.3, -0.25) is 4.79 Å². The first kappa shape index (κ1) is 20.9. The summed E-state index contributed by atoms with van der Waals surface area (Å²) in [6.07, 6.45) is 1.72. The zero-order chi connectivity index (χ0) is 21.0. The van der Waals surface area contributed by atoms with Crippen molar-refractivity contribution in [3.63, 3.8) is 0 Å². The lowest BCUT2D eigenvalue weighted by Crippen LogP contribution is -2.26. The second-order valence-electron chi connectivity index (χ2n) is 7.32. The number of amides is 1. The quantitative estimate of drug-likeness (QED) is 0.342. The lowest BCUT2D eigenvalue weighted by molar-refractivity contribution is -0.120. The minimum atomic E-state index is -0.225. The highest BCUT2D eigenvalue weighted by Crippen LogP contribution is 2.23. The number of hydrazone groups is 1. The molecule has 5 heteroatoms. The number of hydrogen-bond acceptors (Lipinski definition) is 3. The molecule has 0 fully saturated rings. The van der Waals surface area contributed by atoms with Crippen LogP contribution in [0, 0.1) is 27.7 Å². The van der Waals surface area contributed by atoms with E-state index in [4.69, 9.17) is 0 Å². The zero-order valence-corrected chi connectivity index (χ0v) is 18.4. The molecule has 29 heavy (non-hydrogen) atoms. The van der Waals surface area contributed by atoms with Gasteiger partial charge in [-0.2, -0.15) is 5.10 Å². The molecule has 150 valence electrons. The van der Waals surface area contributed by atoms with Crippen LogP contribution in [0.5, 0.6) is 0 Å². The van der Waals surface area contributed by atoms with Crippen molar-refractivity contribution in [2.75, 3.05) is 0 Å². The van der Waals surface area contributed by atoms with E-state index in [1.165, 1.54) is 22.9 Å². The van der Waals surface area contributed by atoms with Gasteiger partial charge in [-0.1, -0.05) is 24.3 Å². The standard InChI is InChI=1S/C24H27N3OS/c1-16-11-17(2)13-22(12-16)27-18(3)14-21(19(27)4)15-25-26-24(28)20(5)29-23-9-7-6-8-10-23/h6-15,20H,1-5H3,(H,26,28)/b25-15+.